The van der Waals surface area contributed by atoms with Crippen LogP contribution in [-0.2, 0) is 0 Å². The van der Waals surface area contributed by atoms with Crippen molar-refractivity contribution in [1.29, 1.82) is 0 Å². The van der Waals surface area contributed by atoms with Crippen LogP contribution in [0.5, 0.6) is 11.5 Å². The monoisotopic (exact) mass is 461 g/mol. The number of nitrogens with two attached hydrogens (primary N) is 1. The van der Waals surface area contributed by atoms with E-state index in [0.29, 0.717) is 66.1 Å². The van der Waals surface area contributed by atoms with Crippen molar-refractivity contribution in [3.05, 3.63) is 48.6 Å². The van der Waals surface area contributed by atoms with Gasteiger partial charge in [-0.1, -0.05) is 0 Å². The van der Waals surface area contributed by atoms with Gasteiger partial charge in [-0.25, -0.2) is 9.97 Å². The molecule has 5 rings (SSSR count). The van der Waals surface area contributed by atoms with Crippen molar-refractivity contribution in [1.82, 2.24) is 24.8 Å². The predicted octanol–water partition coefficient (Wildman–Crippen LogP) is 2.24. The molecule has 1 amide bonds. The zero-order valence-corrected chi connectivity index (χ0v) is 18.8. The smallest absolute Gasteiger partial charge is 0.289 e. The van der Waals surface area contributed by atoms with Crippen LogP contribution in [0, 0.1) is 0 Å². The number of carbonyl (C=O) groups is 1. The summed E-state index contributed by atoms with van der Waals surface area (Å²) in [5.41, 5.74) is 8.35. The van der Waals surface area contributed by atoms with Crippen LogP contribution in [0.25, 0.3) is 22.4 Å². The summed E-state index contributed by atoms with van der Waals surface area (Å²) in [6.07, 6.45) is 3.13. The van der Waals surface area contributed by atoms with E-state index in [1.165, 1.54) is 6.26 Å². The highest BCUT2D eigenvalue weighted by molar-refractivity contribution is 5.92. The lowest BCUT2D eigenvalue weighted by Gasteiger charge is -2.35. The van der Waals surface area contributed by atoms with Crippen molar-refractivity contribution in [2.24, 2.45) is 0 Å². The highest BCUT2D eigenvalue weighted by Gasteiger charge is 2.26. The van der Waals surface area contributed by atoms with Crippen molar-refractivity contribution < 1.29 is 18.7 Å². The number of piperazine rings is 1. The molecule has 1 aliphatic heterocycles. The quantitative estimate of drug-likeness (QED) is 0.472. The second-order valence-corrected chi connectivity index (χ2v) is 7.66. The summed E-state index contributed by atoms with van der Waals surface area (Å²) in [4.78, 5) is 34.4. The maximum absolute atomic E-state index is 12.6. The first-order chi connectivity index (χ1) is 16.6. The number of aromatic nitrogens is 4. The summed E-state index contributed by atoms with van der Waals surface area (Å²) < 4.78 is 16.0. The minimum Gasteiger partial charge on any atom is -0.493 e. The lowest BCUT2D eigenvalue weighted by molar-refractivity contribution is 0.0714. The molecule has 0 radical (unpaired) electrons. The van der Waals surface area contributed by atoms with E-state index >= 15 is 0 Å². The third-order valence-corrected chi connectivity index (χ3v) is 5.68. The van der Waals surface area contributed by atoms with Crippen LogP contribution in [-0.4, -0.2) is 71.1 Å². The highest BCUT2D eigenvalue weighted by atomic mass is 16.5. The Morgan fingerprint density at radius 2 is 1.82 bits per heavy atom. The number of hydrogen-bond donors (Lipinski definition) is 1. The molecule has 11 nitrogen and oxygen atoms in total. The van der Waals surface area contributed by atoms with Crippen LogP contribution in [0.4, 0.5) is 11.8 Å². The van der Waals surface area contributed by atoms with Crippen LogP contribution in [0.3, 0.4) is 0 Å². The normalized spacial score (nSPS) is 13.8. The number of fused-ring (bicyclic) bond motifs is 1. The van der Waals surface area contributed by atoms with Crippen molar-refractivity contribution in [2.45, 2.75) is 0 Å². The topological polar surface area (TPSA) is 133 Å². The zero-order chi connectivity index (χ0) is 23.7. The van der Waals surface area contributed by atoms with Gasteiger partial charge in [-0.15, -0.1) is 0 Å². The molecule has 0 saturated carbocycles. The van der Waals surface area contributed by atoms with Crippen LogP contribution >= 0.6 is 0 Å². The van der Waals surface area contributed by atoms with E-state index in [0.717, 1.165) is 5.56 Å². The Hall–Kier alpha value is -4.41. The number of nitrogens with zero attached hydrogens (tertiary/aromatic N) is 6. The van der Waals surface area contributed by atoms with Gasteiger partial charge in [0.15, 0.2) is 34.2 Å². The first-order valence-corrected chi connectivity index (χ1v) is 10.7. The van der Waals surface area contributed by atoms with E-state index in [1.807, 2.05) is 23.1 Å². The number of methoxy groups -OCH3 is 2. The molecule has 1 aromatic carbocycles. The second-order valence-electron chi connectivity index (χ2n) is 7.66. The standard InChI is InChI=1S/C23H23N7O4/c1-32-16-6-5-14(12-18(16)33-2)15-13-25-20-19(26-15)21(28-23(24)27-20)29-7-9-30(10-8-29)22(31)17-4-3-11-34-17/h3-6,11-13H,7-10H2,1-2H3,(H2,24,25,27,28). The second kappa shape index (κ2) is 8.85. The van der Waals surface area contributed by atoms with Gasteiger partial charge in [0, 0.05) is 31.7 Å². The number of ether oxygens (including phenoxy) is 2. The van der Waals surface area contributed by atoms with Gasteiger partial charge < -0.3 is 29.4 Å². The van der Waals surface area contributed by atoms with Gasteiger partial charge in [0.05, 0.1) is 32.4 Å². The molecule has 0 atom stereocenters. The number of furan rings is 1. The maximum Gasteiger partial charge on any atom is 0.289 e. The van der Waals surface area contributed by atoms with Crippen molar-refractivity contribution in [3.63, 3.8) is 0 Å². The van der Waals surface area contributed by atoms with E-state index in [1.54, 1.807) is 37.4 Å². The summed E-state index contributed by atoms with van der Waals surface area (Å²) in [6, 6.07) is 8.90. The largest absolute Gasteiger partial charge is 0.493 e. The Morgan fingerprint density at radius 1 is 1.03 bits per heavy atom. The number of amides is 1. The lowest BCUT2D eigenvalue weighted by atomic mass is 10.1. The number of anilines is 2. The first-order valence-electron chi connectivity index (χ1n) is 10.7. The van der Waals surface area contributed by atoms with Gasteiger partial charge in [0.25, 0.3) is 5.91 Å². The fraction of sp³-hybridized carbons (Fsp3) is 0.261. The SMILES string of the molecule is COc1ccc(-c2cnc3nc(N)nc(N4CCN(C(=O)c5ccco5)CC4)c3n2)cc1OC. The molecular formula is C23H23N7O4. The summed E-state index contributed by atoms with van der Waals surface area (Å²) >= 11 is 0. The molecule has 4 aromatic rings. The average molecular weight is 461 g/mol. The molecular weight excluding hydrogens is 438 g/mol. The van der Waals surface area contributed by atoms with Crippen LogP contribution < -0.4 is 20.1 Å². The van der Waals surface area contributed by atoms with Gasteiger partial charge >= 0.3 is 0 Å². The number of hydrogen-bond acceptors (Lipinski definition) is 10. The molecule has 1 saturated heterocycles. The van der Waals surface area contributed by atoms with Crippen molar-refractivity contribution >= 4 is 28.8 Å². The molecule has 1 aliphatic rings. The van der Waals surface area contributed by atoms with E-state index in [9.17, 15) is 4.79 Å². The van der Waals surface area contributed by atoms with E-state index in [-0.39, 0.29) is 11.9 Å². The zero-order valence-electron chi connectivity index (χ0n) is 18.8. The van der Waals surface area contributed by atoms with Gasteiger partial charge in [0.1, 0.15) is 0 Å². The highest BCUT2D eigenvalue weighted by Crippen LogP contribution is 2.32. The van der Waals surface area contributed by atoms with Crippen LogP contribution in [0.15, 0.2) is 47.2 Å². The number of carbonyl (C=O) groups excluding carboxylic acids is 1. The first kappa shape index (κ1) is 21.4. The summed E-state index contributed by atoms with van der Waals surface area (Å²) in [5, 5.41) is 0. The fourth-order valence-electron chi connectivity index (χ4n) is 3.94. The lowest BCUT2D eigenvalue weighted by Crippen LogP contribution is -2.49. The Kier molecular flexibility index (Phi) is 5.58. The third kappa shape index (κ3) is 3.91. The molecule has 11 heteroatoms. The number of rotatable bonds is 5. The van der Waals surface area contributed by atoms with Crippen molar-refractivity contribution in [2.75, 3.05) is 51.0 Å². The molecule has 34 heavy (non-hydrogen) atoms. The van der Waals surface area contributed by atoms with Crippen LogP contribution in [0.1, 0.15) is 10.6 Å². The Morgan fingerprint density at radius 3 is 2.53 bits per heavy atom. The molecule has 0 aliphatic carbocycles. The Labute approximate surface area is 195 Å². The minimum absolute atomic E-state index is 0.116. The minimum atomic E-state index is -0.132. The average Bonchev–Trinajstić information content (AvgIpc) is 3.42. The maximum atomic E-state index is 12.6. The number of benzene rings is 1. The molecule has 4 heterocycles. The predicted molar refractivity (Wildman–Crippen MR) is 125 cm³/mol. The molecule has 0 spiro atoms. The summed E-state index contributed by atoms with van der Waals surface area (Å²) in [6.45, 7) is 2.13. The van der Waals surface area contributed by atoms with Crippen LogP contribution in [0.2, 0.25) is 0 Å². The summed E-state index contributed by atoms with van der Waals surface area (Å²) in [7, 11) is 3.17. The van der Waals surface area contributed by atoms with Gasteiger partial charge in [-0.2, -0.15) is 9.97 Å². The summed E-state index contributed by atoms with van der Waals surface area (Å²) in [5.74, 6) is 2.11. The van der Waals surface area contributed by atoms with Crippen molar-refractivity contribution in [3.8, 4) is 22.8 Å². The molecule has 3 aromatic heterocycles. The third-order valence-electron chi connectivity index (χ3n) is 5.68. The fourth-order valence-corrected chi connectivity index (χ4v) is 3.94. The van der Waals surface area contributed by atoms with Gasteiger partial charge in [-0.3, -0.25) is 4.79 Å². The van der Waals surface area contributed by atoms with E-state index in [2.05, 4.69) is 15.0 Å². The van der Waals surface area contributed by atoms with Gasteiger partial charge in [0.2, 0.25) is 5.95 Å². The molecule has 0 bridgehead atoms. The Bertz CT molecular complexity index is 1330. The van der Waals surface area contributed by atoms with E-state index < -0.39 is 0 Å². The molecule has 174 valence electrons. The number of nitrogen functional groups attached to an aromatic ring is 1. The molecule has 0 unspecified atom stereocenters. The van der Waals surface area contributed by atoms with E-state index in [4.69, 9.17) is 24.6 Å². The molecule has 2 N–H and O–H groups in total. The van der Waals surface area contributed by atoms with Gasteiger partial charge in [-0.05, 0) is 30.3 Å². The Balaban J connectivity index is 1.45. The molecule has 1 fully saturated rings.